The highest BCUT2D eigenvalue weighted by Gasteiger charge is 2.21. The van der Waals surface area contributed by atoms with E-state index >= 15 is 0 Å². The van der Waals surface area contributed by atoms with Gasteiger partial charge in [-0.2, -0.15) is 0 Å². The Hall–Kier alpha value is -4.51. The van der Waals surface area contributed by atoms with Gasteiger partial charge >= 0.3 is 5.82 Å². The summed E-state index contributed by atoms with van der Waals surface area (Å²) in [6.45, 7) is 0. The standard InChI is InChI=1S/C33H20Cl2N3O/c34-24-18-26-29-25(15-8-16-28(29)39-30(26)27(35)19-24)22-13-7-14-23(17-22)33-37-31(20-9-3-1-4-10-20)36-32(38-33)21-11-5-2-6-12-21/h1-19,34H/q+1/p+1. The molecule has 0 spiro atoms. The number of benzene rings is 5. The van der Waals surface area contributed by atoms with Crippen LogP contribution >= 0.6 is 11.6 Å². The number of H-pyrrole nitrogens is 1. The average Bonchev–Trinajstić information content (AvgIpc) is 3.37. The molecule has 0 radical (unpaired) electrons. The summed E-state index contributed by atoms with van der Waals surface area (Å²) < 4.78 is 6.14. The van der Waals surface area contributed by atoms with Crippen molar-refractivity contribution in [2.75, 3.05) is 0 Å². The molecule has 0 fully saturated rings. The predicted molar refractivity (Wildman–Crippen MR) is 153 cm³/mol. The molecule has 0 unspecified atom stereocenters. The summed E-state index contributed by atoms with van der Waals surface area (Å²) in [6.07, 6.45) is 0. The molecule has 6 heteroatoms. The van der Waals surface area contributed by atoms with E-state index in [9.17, 15) is 0 Å². The molecule has 0 atom stereocenters. The fourth-order valence-electron chi connectivity index (χ4n) is 4.93. The van der Waals surface area contributed by atoms with Crippen LogP contribution in [0.15, 0.2) is 120 Å². The maximum Gasteiger partial charge on any atom is 0.308 e. The van der Waals surface area contributed by atoms with Gasteiger partial charge in [0.1, 0.15) is 5.58 Å². The predicted octanol–water partition coefficient (Wildman–Crippen LogP) is 8.21. The zero-order valence-electron chi connectivity index (χ0n) is 20.6. The Bertz CT molecular complexity index is 1930. The molecule has 2 aromatic heterocycles. The maximum absolute atomic E-state index is 6.49. The Kier molecular flexibility index (Phi) is 5.85. The van der Waals surface area contributed by atoms with Crippen LogP contribution in [-0.4, -0.2) is 9.97 Å². The number of aromatic nitrogens is 3. The average molecular weight is 546 g/mol. The van der Waals surface area contributed by atoms with Crippen molar-refractivity contribution in [2.45, 2.75) is 0 Å². The molecule has 2 heterocycles. The molecule has 1 N–H and O–H groups in total. The number of hydrogen-bond donors (Lipinski definition) is 0. The van der Waals surface area contributed by atoms with E-state index < -0.39 is 0 Å². The highest BCUT2D eigenvalue weighted by molar-refractivity contribution is 6.36. The van der Waals surface area contributed by atoms with Crippen LogP contribution in [0, 0.1) is 11.6 Å². The Balaban J connectivity index is 1.42. The van der Waals surface area contributed by atoms with Gasteiger partial charge in [-0.1, -0.05) is 82.2 Å². The van der Waals surface area contributed by atoms with Gasteiger partial charge in [-0.15, -0.1) is 0 Å². The summed E-state index contributed by atoms with van der Waals surface area (Å²) in [5.41, 5.74) is 6.35. The van der Waals surface area contributed by atoms with Crippen LogP contribution in [0.3, 0.4) is 0 Å². The molecular weight excluding hydrogens is 525 g/mol. The lowest BCUT2D eigenvalue weighted by molar-refractivity contribution is -0.359. The van der Waals surface area contributed by atoms with E-state index in [0.717, 1.165) is 55.8 Å². The first-order valence-electron chi connectivity index (χ1n) is 12.5. The minimum Gasteiger partial charge on any atom is -0.454 e. The second-order valence-corrected chi connectivity index (χ2v) is 10.1. The molecule has 186 valence electrons. The number of nitrogens with zero attached hydrogens (tertiary/aromatic N) is 2. The van der Waals surface area contributed by atoms with E-state index in [1.54, 1.807) is 6.07 Å². The fourth-order valence-corrected chi connectivity index (χ4v) is 5.49. The lowest BCUT2D eigenvalue weighted by Gasteiger charge is -2.06. The summed E-state index contributed by atoms with van der Waals surface area (Å²) in [5, 5.41) is 3.09. The summed E-state index contributed by atoms with van der Waals surface area (Å²) in [4.78, 5) is 13.3. The monoisotopic (exact) mass is 545 g/mol. The molecule has 39 heavy (non-hydrogen) atoms. The van der Waals surface area contributed by atoms with E-state index in [1.165, 1.54) is 0 Å². The van der Waals surface area contributed by atoms with Crippen LogP contribution in [0.1, 0.15) is 0 Å². The van der Waals surface area contributed by atoms with Crippen LogP contribution in [-0.2, 0) is 0 Å². The van der Waals surface area contributed by atoms with Gasteiger partial charge in [0.25, 0.3) is 11.6 Å². The molecule has 0 bridgehead atoms. The molecule has 0 saturated heterocycles. The molecule has 5 aromatic carbocycles. The summed E-state index contributed by atoms with van der Waals surface area (Å²) in [7, 11) is 0. The van der Waals surface area contributed by atoms with Gasteiger partial charge in [0.05, 0.1) is 21.7 Å². The number of halogens is 2. The van der Waals surface area contributed by atoms with Gasteiger partial charge in [0, 0.05) is 22.9 Å². The number of fused-ring (bicyclic) bond motifs is 3. The highest BCUT2D eigenvalue weighted by atomic mass is 35.5. The third-order valence-corrected chi connectivity index (χ3v) is 7.24. The molecule has 0 aliphatic rings. The SMILES string of the molecule is Clc1cc([ClH+])cc2c1oc1cccc(-c3cccc(-c4nc(-c5ccccc5)nc(-c5ccccc5)[nH+]4)c3)c12. The van der Waals surface area contributed by atoms with Crippen LogP contribution in [0.4, 0.5) is 0 Å². The molecule has 0 aliphatic carbocycles. The van der Waals surface area contributed by atoms with Crippen LogP contribution in [0.5, 0.6) is 0 Å². The van der Waals surface area contributed by atoms with E-state index in [0.29, 0.717) is 21.5 Å². The van der Waals surface area contributed by atoms with Crippen LogP contribution < -0.4 is 4.98 Å². The smallest absolute Gasteiger partial charge is 0.308 e. The molecule has 4 nitrogen and oxygen atoms in total. The fraction of sp³-hybridized carbons (Fsp3) is 0. The van der Waals surface area contributed by atoms with Crippen molar-refractivity contribution in [3.05, 3.63) is 125 Å². The van der Waals surface area contributed by atoms with Crippen molar-refractivity contribution in [1.29, 1.82) is 0 Å². The highest BCUT2D eigenvalue weighted by Crippen LogP contribution is 2.40. The van der Waals surface area contributed by atoms with Crippen molar-refractivity contribution < 1.29 is 21.0 Å². The van der Waals surface area contributed by atoms with Crippen molar-refractivity contribution in [3.63, 3.8) is 0 Å². The normalized spacial score (nSPS) is 11.3. The topological polar surface area (TPSA) is 53.1 Å². The third-order valence-electron chi connectivity index (χ3n) is 6.72. The first kappa shape index (κ1) is 23.6. The number of rotatable bonds is 4. The first-order valence-corrected chi connectivity index (χ1v) is 13.3. The van der Waals surface area contributed by atoms with Crippen molar-refractivity contribution >= 4 is 33.5 Å². The maximum atomic E-state index is 6.49. The van der Waals surface area contributed by atoms with E-state index in [2.05, 4.69) is 29.2 Å². The second-order valence-electron chi connectivity index (χ2n) is 9.24. The Morgan fingerprint density at radius 2 is 1.28 bits per heavy atom. The van der Waals surface area contributed by atoms with E-state index in [4.69, 9.17) is 37.6 Å². The summed E-state index contributed by atoms with van der Waals surface area (Å²) in [5.74, 6) is 2.13. The molecule has 7 aromatic rings. The molecule has 0 saturated carbocycles. The van der Waals surface area contributed by atoms with Gasteiger partial charge in [-0.3, -0.25) is 0 Å². The third kappa shape index (κ3) is 4.34. The number of hydrogen-bond acceptors (Lipinski definition) is 3. The minimum absolute atomic E-state index is 0.519. The molecule has 7 rings (SSSR count). The zero-order chi connectivity index (χ0) is 26.3. The van der Waals surface area contributed by atoms with E-state index in [-0.39, 0.29) is 0 Å². The van der Waals surface area contributed by atoms with Crippen molar-refractivity contribution in [2.24, 2.45) is 0 Å². The molecule has 0 aliphatic heterocycles. The minimum atomic E-state index is 0.519. The second kappa shape index (κ2) is 9.66. The van der Waals surface area contributed by atoms with Gasteiger partial charge < -0.3 is 4.42 Å². The molecular formula is C33H21Cl2N3O+2. The Morgan fingerprint density at radius 1 is 0.641 bits per heavy atom. The lowest BCUT2D eigenvalue weighted by Crippen LogP contribution is -2.17. The molecule has 0 amide bonds. The van der Waals surface area contributed by atoms with Crippen molar-refractivity contribution in [3.8, 4) is 45.3 Å². The Labute approximate surface area is 234 Å². The van der Waals surface area contributed by atoms with Gasteiger partial charge in [0.15, 0.2) is 17.2 Å². The van der Waals surface area contributed by atoms with Gasteiger partial charge in [-0.05, 0) is 53.6 Å². The number of aromatic amines is 1. The first-order chi connectivity index (χ1) is 19.1. The zero-order valence-corrected chi connectivity index (χ0v) is 22.1. The van der Waals surface area contributed by atoms with Crippen LogP contribution in [0.2, 0.25) is 10.0 Å². The number of furan rings is 1. The number of nitrogens with one attached hydrogen (secondary N) is 1. The van der Waals surface area contributed by atoms with E-state index in [1.807, 2.05) is 84.9 Å². The van der Waals surface area contributed by atoms with Gasteiger partial charge in [-0.25, -0.2) is 4.98 Å². The van der Waals surface area contributed by atoms with Crippen LogP contribution in [0.25, 0.3) is 67.2 Å². The summed E-state index contributed by atoms with van der Waals surface area (Å²) in [6, 6.07) is 38.2. The largest absolute Gasteiger partial charge is 0.454 e. The Morgan fingerprint density at radius 3 is 2.05 bits per heavy atom. The quantitative estimate of drug-likeness (QED) is 0.224. The van der Waals surface area contributed by atoms with Gasteiger partial charge in [0.2, 0.25) is 5.02 Å². The summed E-state index contributed by atoms with van der Waals surface area (Å²) >= 11 is 12.0. The van der Waals surface area contributed by atoms with Crippen molar-refractivity contribution in [1.82, 2.24) is 9.97 Å². The lowest BCUT2D eigenvalue weighted by atomic mass is 9.98.